The van der Waals surface area contributed by atoms with Crippen molar-refractivity contribution < 1.29 is 0 Å². The second-order valence-electron chi connectivity index (χ2n) is 3.34. The van der Waals surface area contributed by atoms with E-state index in [1.807, 2.05) is 11.8 Å². The van der Waals surface area contributed by atoms with Gasteiger partial charge in [0.15, 0.2) is 0 Å². The molecule has 0 radical (unpaired) electrons. The van der Waals surface area contributed by atoms with Crippen LogP contribution in [0.5, 0.6) is 0 Å². The Morgan fingerprint density at radius 2 is 1.92 bits per heavy atom. The van der Waals surface area contributed by atoms with Gasteiger partial charge in [-0.15, -0.1) is 0 Å². The van der Waals surface area contributed by atoms with Crippen LogP contribution in [0.1, 0.15) is 18.1 Å². The summed E-state index contributed by atoms with van der Waals surface area (Å²) in [5, 5.41) is 0.557. The second-order valence-corrected chi connectivity index (χ2v) is 4.77. The molecule has 0 saturated carbocycles. The Balaban J connectivity index is 2.41. The van der Waals surface area contributed by atoms with Gasteiger partial charge in [0.25, 0.3) is 0 Å². The maximum absolute atomic E-state index is 5.54. The molecule has 1 nitrogen and oxygen atoms in total. The van der Waals surface area contributed by atoms with E-state index in [9.17, 15) is 0 Å². The number of hydrogen-bond acceptors (Lipinski definition) is 2. The molecular formula is C11H17NS. The van der Waals surface area contributed by atoms with Crippen LogP contribution in [0.15, 0.2) is 24.3 Å². The predicted octanol–water partition coefficient (Wildman–Crippen LogP) is 2.58. The van der Waals surface area contributed by atoms with Gasteiger partial charge in [-0.05, 0) is 12.5 Å². The molecule has 0 aliphatic rings. The first-order chi connectivity index (χ1) is 6.22. The van der Waals surface area contributed by atoms with Crippen LogP contribution >= 0.6 is 11.8 Å². The Labute approximate surface area is 84.7 Å². The van der Waals surface area contributed by atoms with Crippen molar-refractivity contribution in [3.8, 4) is 0 Å². The average Bonchev–Trinajstić information content (AvgIpc) is 2.16. The zero-order valence-electron chi connectivity index (χ0n) is 8.29. The number of thioether (sulfide) groups is 1. The van der Waals surface area contributed by atoms with E-state index in [0.717, 1.165) is 12.3 Å². The van der Waals surface area contributed by atoms with Crippen molar-refractivity contribution in [2.45, 2.75) is 24.9 Å². The monoisotopic (exact) mass is 195 g/mol. The summed E-state index contributed by atoms with van der Waals surface area (Å²) >= 11 is 1.91. The van der Waals surface area contributed by atoms with E-state index < -0.39 is 0 Å². The molecule has 1 unspecified atom stereocenters. The highest BCUT2D eigenvalue weighted by atomic mass is 32.2. The Kier molecular flexibility index (Phi) is 4.33. The van der Waals surface area contributed by atoms with E-state index in [1.165, 1.54) is 11.1 Å². The van der Waals surface area contributed by atoms with Crippen LogP contribution in [0.4, 0.5) is 0 Å². The van der Waals surface area contributed by atoms with Gasteiger partial charge >= 0.3 is 0 Å². The van der Waals surface area contributed by atoms with Gasteiger partial charge in [-0.2, -0.15) is 11.8 Å². The van der Waals surface area contributed by atoms with E-state index in [-0.39, 0.29) is 0 Å². The average molecular weight is 195 g/mol. The minimum absolute atomic E-state index is 0.557. The first-order valence-electron chi connectivity index (χ1n) is 4.59. The summed E-state index contributed by atoms with van der Waals surface area (Å²) in [6.07, 6.45) is 0. The van der Waals surface area contributed by atoms with Gasteiger partial charge in [0, 0.05) is 17.5 Å². The molecule has 72 valence electrons. The normalized spacial score (nSPS) is 12.8. The number of benzene rings is 1. The first kappa shape index (κ1) is 10.6. The fourth-order valence-electron chi connectivity index (χ4n) is 0.991. The van der Waals surface area contributed by atoms with E-state index in [2.05, 4.69) is 38.1 Å². The van der Waals surface area contributed by atoms with Crippen molar-refractivity contribution in [2.75, 3.05) is 6.54 Å². The number of rotatable bonds is 4. The summed E-state index contributed by atoms with van der Waals surface area (Å²) in [4.78, 5) is 0. The quantitative estimate of drug-likeness (QED) is 0.799. The molecule has 0 aromatic heterocycles. The van der Waals surface area contributed by atoms with Crippen molar-refractivity contribution in [3.63, 3.8) is 0 Å². The zero-order chi connectivity index (χ0) is 9.68. The van der Waals surface area contributed by atoms with Gasteiger partial charge in [0.05, 0.1) is 0 Å². The number of nitrogens with two attached hydrogens (primary N) is 1. The molecule has 2 heteroatoms. The van der Waals surface area contributed by atoms with Crippen molar-refractivity contribution in [2.24, 2.45) is 5.73 Å². The van der Waals surface area contributed by atoms with Gasteiger partial charge in [-0.3, -0.25) is 0 Å². The summed E-state index contributed by atoms with van der Waals surface area (Å²) in [7, 11) is 0. The molecule has 13 heavy (non-hydrogen) atoms. The molecule has 2 N–H and O–H groups in total. The van der Waals surface area contributed by atoms with Gasteiger partial charge in [0.2, 0.25) is 0 Å². The lowest BCUT2D eigenvalue weighted by atomic mass is 10.2. The summed E-state index contributed by atoms with van der Waals surface area (Å²) in [6.45, 7) is 5.04. The van der Waals surface area contributed by atoms with E-state index >= 15 is 0 Å². The Morgan fingerprint density at radius 3 is 2.46 bits per heavy atom. The highest BCUT2D eigenvalue weighted by Crippen LogP contribution is 2.16. The lowest BCUT2D eigenvalue weighted by Crippen LogP contribution is -2.12. The number of hydrogen-bond donors (Lipinski definition) is 1. The molecule has 1 aromatic rings. The maximum Gasteiger partial charge on any atom is 0.0187 e. The fraction of sp³-hybridized carbons (Fsp3) is 0.455. The summed E-state index contributed by atoms with van der Waals surface area (Å²) in [6, 6.07) is 8.68. The molecular weight excluding hydrogens is 178 g/mol. The van der Waals surface area contributed by atoms with Crippen molar-refractivity contribution in [1.82, 2.24) is 0 Å². The first-order valence-corrected chi connectivity index (χ1v) is 5.64. The minimum atomic E-state index is 0.557. The smallest absolute Gasteiger partial charge is 0.0187 e. The summed E-state index contributed by atoms with van der Waals surface area (Å²) in [5.41, 5.74) is 8.24. The third kappa shape index (κ3) is 3.83. The minimum Gasteiger partial charge on any atom is -0.329 e. The highest BCUT2D eigenvalue weighted by molar-refractivity contribution is 7.99. The van der Waals surface area contributed by atoms with Crippen molar-refractivity contribution in [1.29, 1.82) is 0 Å². The van der Waals surface area contributed by atoms with Crippen LogP contribution in [0.2, 0.25) is 0 Å². The fourth-order valence-corrected chi connectivity index (χ4v) is 1.80. The van der Waals surface area contributed by atoms with Gasteiger partial charge < -0.3 is 5.73 Å². The van der Waals surface area contributed by atoms with Gasteiger partial charge in [0.1, 0.15) is 0 Å². The molecule has 0 spiro atoms. The molecule has 1 rings (SSSR count). The zero-order valence-corrected chi connectivity index (χ0v) is 9.10. The summed E-state index contributed by atoms with van der Waals surface area (Å²) < 4.78 is 0. The largest absolute Gasteiger partial charge is 0.329 e. The highest BCUT2D eigenvalue weighted by Gasteiger charge is 1.99. The van der Waals surface area contributed by atoms with E-state index in [0.29, 0.717) is 5.25 Å². The van der Waals surface area contributed by atoms with Crippen LogP contribution in [-0.4, -0.2) is 11.8 Å². The molecule has 0 aliphatic heterocycles. The lowest BCUT2D eigenvalue weighted by Gasteiger charge is -2.07. The van der Waals surface area contributed by atoms with Gasteiger partial charge in [-0.25, -0.2) is 0 Å². The second kappa shape index (κ2) is 5.30. The van der Waals surface area contributed by atoms with Crippen LogP contribution < -0.4 is 5.73 Å². The Bertz CT molecular complexity index is 243. The Morgan fingerprint density at radius 1 is 1.31 bits per heavy atom. The molecule has 0 fully saturated rings. The van der Waals surface area contributed by atoms with Crippen LogP contribution in [0.3, 0.4) is 0 Å². The third-order valence-electron chi connectivity index (χ3n) is 1.99. The molecule has 0 amide bonds. The summed E-state index contributed by atoms with van der Waals surface area (Å²) in [5.74, 6) is 1.07. The molecule has 0 saturated heterocycles. The lowest BCUT2D eigenvalue weighted by molar-refractivity contribution is 0.951. The van der Waals surface area contributed by atoms with Crippen molar-refractivity contribution in [3.05, 3.63) is 35.4 Å². The van der Waals surface area contributed by atoms with Crippen LogP contribution in [0.25, 0.3) is 0 Å². The SMILES string of the molecule is Cc1ccc(CSC(C)CN)cc1. The standard InChI is InChI=1S/C11H17NS/c1-9-3-5-11(6-4-9)8-13-10(2)7-12/h3-6,10H,7-8,12H2,1-2H3. The van der Waals surface area contributed by atoms with Crippen molar-refractivity contribution >= 4 is 11.8 Å². The molecule has 1 atom stereocenters. The van der Waals surface area contributed by atoms with E-state index in [1.54, 1.807) is 0 Å². The van der Waals surface area contributed by atoms with Crippen LogP contribution in [0, 0.1) is 6.92 Å². The predicted molar refractivity (Wildman–Crippen MR) is 61.0 cm³/mol. The van der Waals surface area contributed by atoms with Crippen LogP contribution in [-0.2, 0) is 5.75 Å². The van der Waals surface area contributed by atoms with Gasteiger partial charge in [-0.1, -0.05) is 36.8 Å². The number of aryl methyl sites for hydroxylation is 1. The molecule has 0 aliphatic carbocycles. The Hall–Kier alpha value is -0.470. The molecule has 1 aromatic carbocycles. The third-order valence-corrected chi connectivity index (χ3v) is 3.25. The molecule has 0 heterocycles. The van der Waals surface area contributed by atoms with E-state index in [4.69, 9.17) is 5.73 Å². The maximum atomic E-state index is 5.54. The molecule has 0 bridgehead atoms. The topological polar surface area (TPSA) is 26.0 Å².